The van der Waals surface area contributed by atoms with Crippen LogP contribution in [0.15, 0.2) is 0 Å². The summed E-state index contributed by atoms with van der Waals surface area (Å²) in [6, 6.07) is -0.298. The third-order valence-corrected chi connectivity index (χ3v) is 7.42. The predicted octanol–water partition coefficient (Wildman–Crippen LogP) is 4.66. The van der Waals surface area contributed by atoms with Gasteiger partial charge < -0.3 is 9.84 Å². The van der Waals surface area contributed by atoms with Crippen LogP contribution in [-0.4, -0.2) is 27.1 Å². The van der Waals surface area contributed by atoms with Crippen molar-refractivity contribution in [3.8, 4) is 6.01 Å². The van der Waals surface area contributed by atoms with Crippen molar-refractivity contribution >= 4 is 5.97 Å². The number of alkyl halides is 3. The molecule has 1 N–H and O–H groups in total. The summed E-state index contributed by atoms with van der Waals surface area (Å²) in [5.41, 5.74) is -2.13. The van der Waals surface area contributed by atoms with Crippen LogP contribution in [0.2, 0.25) is 0 Å². The molecule has 1 aromatic rings. The molecule has 0 amide bonds. The minimum Gasteiger partial charge on any atom is -0.478 e. The molecule has 4 aliphatic carbocycles. The molecule has 4 fully saturated rings. The first-order valence-electron chi connectivity index (χ1n) is 10.2. The van der Waals surface area contributed by atoms with E-state index in [0.717, 1.165) is 44.9 Å². The van der Waals surface area contributed by atoms with E-state index in [4.69, 9.17) is 4.74 Å². The van der Waals surface area contributed by atoms with Gasteiger partial charge in [-0.3, -0.25) is 0 Å². The van der Waals surface area contributed by atoms with Gasteiger partial charge in [0.1, 0.15) is 11.7 Å². The average molecular weight is 396 g/mol. The summed E-state index contributed by atoms with van der Waals surface area (Å²) < 4.78 is 46.9. The topological polar surface area (TPSA) is 72.3 Å². The average Bonchev–Trinajstić information content (AvgIpc) is 3.41. The Hall–Kier alpha value is -1.86. The molecule has 1 heterocycles. The maximum absolute atomic E-state index is 13.7. The Morgan fingerprint density at radius 1 is 0.964 bits per heavy atom. The van der Waals surface area contributed by atoms with E-state index < -0.39 is 23.4 Å². The first-order chi connectivity index (χ1) is 13.3. The molecular formula is C20H23F3N2O3. The van der Waals surface area contributed by atoms with Crippen LogP contribution in [0.4, 0.5) is 13.2 Å². The van der Waals surface area contributed by atoms with E-state index in [0.29, 0.717) is 24.2 Å². The van der Waals surface area contributed by atoms with Gasteiger partial charge in [-0.1, -0.05) is 6.42 Å². The smallest absolute Gasteiger partial charge is 0.434 e. The summed E-state index contributed by atoms with van der Waals surface area (Å²) in [4.78, 5) is 19.7. The van der Waals surface area contributed by atoms with Crippen LogP contribution < -0.4 is 4.74 Å². The number of aromatic nitrogens is 2. The van der Waals surface area contributed by atoms with Crippen molar-refractivity contribution in [1.82, 2.24) is 9.97 Å². The maximum atomic E-state index is 13.7. The van der Waals surface area contributed by atoms with Crippen molar-refractivity contribution in [3.63, 3.8) is 0 Å². The van der Waals surface area contributed by atoms with Crippen molar-refractivity contribution in [2.75, 3.05) is 0 Å². The van der Waals surface area contributed by atoms with Gasteiger partial charge in [0, 0.05) is 5.92 Å². The summed E-state index contributed by atoms with van der Waals surface area (Å²) in [5.74, 6) is -0.299. The van der Waals surface area contributed by atoms with Gasteiger partial charge in [-0.15, -0.1) is 0 Å². The van der Waals surface area contributed by atoms with E-state index in [-0.39, 0.29) is 29.6 Å². The second-order valence-electron chi connectivity index (χ2n) is 9.03. The summed E-state index contributed by atoms with van der Waals surface area (Å²) in [5, 5.41) is 9.58. The Bertz CT molecular complexity index is 813. The van der Waals surface area contributed by atoms with E-state index >= 15 is 0 Å². The fourth-order valence-electron chi connectivity index (χ4n) is 6.24. The third-order valence-electron chi connectivity index (χ3n) is 7.42. The standard InChI is InChI=1S/C20H23F3N2O3/c21-20(22,23)17-15(18(26)27)16(13-7-9-1-3-11(13)5-9)24-19(25-17)28-14-8-10-2-4-12(14)6-10/h9-14H,1-8H2,(H,26,27)/t9?,10-,11?,12+,13?,14+/m0/s1. The molecule has 4 saturated carbocycles. The highest BCUT2D eigenvalue weighted by Crippen LogP contribution is 2.54. The molecule has 0 saturated heterocycles. The van der Waals surface area contributed by atoms with Crippen LogP contribution in [0.1, 0.15) is 79.0 Å². The number of carbonyl (C=O) groups is 1. The molecule has 4 aliphatic rings. The first kappa shape index (κ1) is 18.2. The third kappa shape index (κ3) is 2.95. The fraction of sp³-hybridized carbons (Fsp3) is 0.750. The number of nitrogens with zero attached hydrogens (tertiary/aromatic N) is 2. The Morgan fingerprint density at radius 3 is 2.14 bits per heavy atom. The predicted molar refractivity (Wildman–Crippen MR) is 92.0 cm³/mol. The quantitative estimate of drug-likeness (QED) is 0.801. The molecule has 152 valence electrons. The van der Waals surface area contributed by atoms with Gasteiger partial charge >= 0.3 is 18.2 Å². The summed E-state index contributed by atoms with van der Waals surface area (Å²) in [6.45, 7) is 0. The lowest BCUT2D eigenvalue weighted by Gasteiger charge is -2.26. The second-order valence-corrected chi connectivity index (χ2v) is 9.03. The number of halogens is 3. The van der Waals surface area contributed by atoms with Gasteiger partial charge in [-0.2, -0.15) is 23.1 Å². The van der Waals surface area contributed by atoms with Crippen LogP contribution in [0.5, 0.6) is 6.01 Å². The molecule has 6 atom stereocenters. The van der Waals surface area contributed by atoms with Gasteiger partial charge in [0.2, 0.25) is 0 Å². The number of carboxylic acids is 1. The minimum absolute atomic E-state index is 0.0279. The molecule has 5 nitrogen and oxygen atoms in total. The lowest BCUT2D eigenvalue weighted by molar-refractivity contribution is -0.142. The number of aromatic carboxylic acids is 1. The van der Waals surface area contributed by atoms with Crippen molar-refractivity contribution in [1.29, 1.82) is 0 Å². The van der Waals surface area contributed by atoms with E-state index in [1.807, 2.05) is 0 Å². The lowest BCUT2D eigenvalue weighted by Crippen LogP contribution is -2.27. The van der Waals surface area contributed by atoms with Crippen molar-refractivity contribution in [2.45, 2.75) is 69.6 Å². The number of rotatable bonds is 4. The number of carboxylic acid groups (broad SMARTS) is 1. The Labute approximate surface area is 160 Å². The molecule has 28 heavy (non-hydrogen) atoms. The molecule has 4 bridgehead atoms. The lowest BCUT2D eigenvalue weighted by atomic mass is 9.84. The second kappa shape index (κ2) is 6.32. The molecule has 5 rings (SSSR count). The Kier molecular flexibility index (Phi) is 4.11. The van der Waals surface area contributed by atoms with E-state index in [9.17, 15) is 23.1 Å². The number of hydrogen-bond donors (Lipinski definition) is 1. The summed E-state index contributed by atoms with van der Waals surface area (Å²) in [6.07, 6.45) is 2.63. The van der Waals surface area contributed by atoms with Crippen molar-refractivity contribution < 1.29 is 27.8 Å². The van der Waals surface area contributed by atoms with Gasteiger partial charge in [0.05, 0.1) is 5.69 Å². The van der Waals surface area contributed by atoms with Crippen LogP contribution in [0.3, 0.4) is 0 Å². The fourth-order valence-corrected chi connectivity index (χ4v) is 6.24. The van der Waals surface area contributed by atoms with E-state index in [2.05, 4.69) is 9.97 Å². The highest BCUT2D eigenvalue weighted by Gasteiger charge is 2.47. The minimum atomic E-state index is -4.87. The number of ether oxygens (including phenoxy) is 1. The van der Waals surface area contributed by atoms with Gasteiger partial charge in [-0.25, -0.2) is 4.79 Å². The summed E-state index contributed by atoms with van der Waals surface area (Å²) in [7, 11) is 0. The molecule has 0 aliphatic heterocycles. The molecule has 1 aromatic heterocycles. The summed E-state index contributed by atoms with van der Waals surface area (Å²) >= 11 is 0. The maximum Gasteiger partial charge on any atom is 0.434 e. The van der Waals surface area contributed by atoms with Gasteiger partial charge in [0.25, 0.3) is 0 Å². The van der Waals surface area contributed by atoms with Crippen LogP contribution in [0.25, 0.3) is 0 Å². The number of hydrogen-bond acceptors (Lipinski definition) is 4. The Morgan fingerprint density at radius 2 is 1.64 bits per heavy atom. The zero-order valence-electron chi connectivity index (χ0n) is 15.4. The van der Waals surface area contributed by atoms with Crippen molar-refractivity contribution in [2.24, 2.45) is 23.7 Å². The van der Waals surface area contributed by atoms with Crippen molar-refractivity contribution in [3.05, 3.63) is 17.0 Å². The highest BCUT2D eigenvalue weighted by molar-refractivity contribution is 5.90. The molecule has 0 radical (unpaired) electrons. The van der Waals surface area contributed by atoms with E-state index in [1.54, 1.807) is 0 Å². The SMILES string of the molecule is O=C(O)c1c(C2CC3CCC2C3)nc(O[C@@H]2C[C@H]3CC[C@@H]2C3)nc1C(F)(F)F. The normalized spacial score (nSPS) is 36.2. The zero-order valence-corrected chi connectivity index (χ0v) is 15.4. The van der Waals surface area contributed by atoms with E-state index in [1.165, 1.54) is 0 Å². The molecular weight excluding hydrogens is 373 g/mol. The largest absolute Gasteiger partial charge is 0.478 e. The molecule has 3 unspecified atom stereocenters. The first-order valence-corrected chi connectivity index (χ1v) is 10.2. The molecule has 0 spiro atoms. The monoisotopic (exact) mass is 396 g/mol. The highest BCUT2D eigenvalue weighted by atomic mass is 19.4. The molecule has 0 aromatic carbocycles. The molecule has 8 heteroatoms. The van der Waals surface area contributed by atoms with Crippen LogP contribution in [0, 0.1) is 23.7 Å². The van der Waals surface area contributed by atoms with Crippen LogP contribution >= 0.6 is 0 Å². The van der Waals surface area contributed by atoms with Crippen LogP contribution in [-0.2, 0) is 6.18 Å². The number of fused-ring (bicyclic) bond motifs is 4. The zero-order chi connectivity index (χ0) is 19.6. The Balaban J connectivity index is 1.56. The van der Waals surface area contributed by atoms with Gasteiger partial charge in [0.15, 0.2) is 5.69 Å². The van der Waals surface area contributed by atoms with Gasteiger partial charge in [-0.05, 0) is 68.6 Å².